The number of rotatable bonds is 7. The highest BCUT2D eigenvalue weighted by Crippen LogP contribution is 2.32. The van der Waals surface area contributed by atoms with E-state index in [1.165, 1.54) is 6.33 Å². The van der Waals surface area contributed by atoms with E-state index < -0.39 is 14.0 Å². The first-order valence-corrected chi connectivity index (χ1v) is 13.0. The molecule has 144 valence electrons. The Morgan fingerprint density at radius 2 is 2.11 bits per heavy atom. The van der Waals surface area contributed by atoms with Crippen LogP contribution in [0.3, 0.4) is 0 Å². The molecule has 0 fully saturated rings. The molecule has 10 heteroatoms. The topological polar surface area (TPSA) is 94.5 Å². The van der Waals surface area contributed by atoms with Crippen molar-refractivity contribution >= 4 is 35.6 Å². The summed E-state index contributed by atoms with van der Waals surface area (Å²) in [5.74, 6) is -1.09. The van der Waals surface area contributed by atoms with Crippen molar-refractivity contribution in [1.29, 1.82) is 0 Å². The van der Waals surface area contributed by atoms with Gasteiger partial charge in [0.15, 0.2) is 11.3 Å². The Bertz CT molecular complexity index is 993. The summed E-state index contributed by atoms with van der Waals surface area (Å²) in [4.78, 5) is 15.8. The highest BCUT2D eigenvalue weighted by molar-refractivity contribution is 9.10. The van der Waals surface area contributed by atoms with Gasteiger partial charge >= 0.3 is 5.97 Å². The standard InChI is InChI=1S/C17H22BrN5O3Si/c1-11-7-12(8-22-16(11)19-9-20-22)15-13(18)14(17(24)25)21-23(15)10-26-5-6-27(2,3)4/h7-9H,5-6,10H2,1-4H3,(H,24,25). The van der Waals surface area contributed by atoms with Gasteiger partial charge in [-0.05, 0) is 40.5 Å². The number of hydrogen-bond donors (Lipinski definition) is 1. The predicted octanol–water partition coefficient (Wildman–Crippen LogP) is 3.67. The van der Waals surface area contributed by atoms with E-state index in [4.69, 9.17) is 4.74 Å². The van der Waals surface area contributed by atoms with Crippen LogP contribution in [-0.4, -0.2) is 50.1 Å². The fourth-order valence-electron chi connectivity index (χ4n) is 2.70. The molecule has 3 aromatic rings. The van der Waals surface area contributed by atoms with Crippen LogP contribution in [-0.2, 0) is 11.5 Å². The monoisotopic (exact) mass is 451 g/mol. The van der Waals surface area contributed by atoms with Crippen LogP contribution < -0.4 is 0 Å². The Balaban J connectivity index is 1.98. The van der Waals surface area contributed by atoms with Crippen LogP contribution >= 0.6 is 15.9 Å². The zero-order valence-corrected chi connectivity index (χ0v) is 18.3. The third-order valence-corrected chi connectivity index (χ3v) is 6.60. The lowest BCUT2D eigenvalue weighted by Crippen LogP contribution is -2.22. The third kappa shape index (κ3) is 4.28. The molecule has 0 aliphatic carbocycles. The highest BCUT2D eigenvalue weighted by atomic mass is 79.9. The van der Waals surface area contributed by atoms with Gasteiger partial charge in [-0.3, -0.25) is 0 Å². The Hall–Kier alpha value is -2.04. The summed E-state index contributed by atoms with van der Waals surface area (Å²) in [6, 6.07) is 2.97. The SMILES string of the molecule is Cc1cc(-c2c(Br)c(C(=O)O)nn2COCC[Si](C)(C)C)cn2ncnc12. The van der Waals surface area contributed by atoms with Crippen molar-refractivity contribution in [2.24, 2.45) is 0 Å². The van der Waals surface area contributed by atoms with Crippen molar-refractivity contribution in [2.75, 3.05) is 6.61 Å². The van der Waals surface area contributed by atoms with Crippen molar-refractivity contribution in [3.05, 3.63) is 34.3 Å². The van der Waals surface area contributed by atoms with Gasteiger partial charge in [0.1, 0.15) is 13.1 Å². The second-order valence-corrected chi connectivity index (χ2v) is 14.0. The minimum atomic E-state index is -1.20. The summed E-state index contributed by atoms with van der Waals surface area (Å²) in [5, 5.41) is 17.9. The summed E-state index contributed by atoms with van der Waals surface area (Å²) in [5.41, 5.74) is 3.06. The van der Waals surface area contributed by atoms with Crippen LogP contribution in [0.1, 0.15) is 16.1 Å². The summed E-state index contributed by atoms with van der Waals surface area (Å²) in [6.07, 6.45) is 3.29. The summed E-state index contributed by atoms with van der Waals surface area (Å²) in [7, 11) is -1.20. The van der Waals surface area contributed by atoms with Crippen molar-refractivity contribution in [1.82, 2.24) is 24.4 Å². The van der Waals surface area contributed by atoms with Crippen LogP contribution in [0.2, 0.25) is 25.7 Å². The molecule has 0 amide bonds. The van der Waals surface area contributed by atoms with Crippen molar-refractivity contribution in [3.63, 3.8) is 0 Å². The van der Waals surface area contributed by atoms with Gasteiger partial charge in [0.05, 0.1) is 10.2 Å². The molecule has 8 nitrogen and oxygen atoms in total. The summed E-state index contributed by atoms with van der Waals surface area (Å²) in [6.45, 7) is 9.59. The van der Waals surface area contributed by atoms with Crippen molar-refractivity contribution in [2.45, 2.75) is 39.3 Å². The molecule has 0 aliphatic rings. The average Bonchev–Trinajstić information content (AvgIpc) is 3.15. The number of pyridine rings is 1. The molecule has 3 heterocycles. The zero-order valence-electron chi connectivity index (χ0n) is 15.7. The number of ether oxygens (including phenoxy) is 1. The molecule has 0 unspecified atom stereocenters. The maximum atomic E-state index is 11.5. The molecule has 0 aromatic carbocycles. The first-order chi connectivity index (χ1) is 12.7. The van der Waals surface area contributed by atoms with Gasteiger partial charge in [0, 0.05) is 26.4 Å². The number of aromatic carboxylic acids is 1. The maximum absolute atomic E-state index is 11.5. The predicted molar refractivity (Wildman–Crippen MR) is 108 cm³/mol. The highest BCUT2D eigenvalue weighted by Gasteiger charge is 2.23. The molecule has 0 saturated heterocycles. The molecule has 1 N–H and O–H groups in total. The van der Waals surface area contributed by atoms with Gasteiger partial charge in [-0.2, -0.15) is 10.2 Å². The van der Waals surface area contributed by atoms with E-state index >= 15 is 0 Å². The Labute approximate surface area is 166 Å². The Morgan fingerprint density at radius 1 is 1.37 bits per heavy atom. The quantitative estimate of drug-likeness (QED) is 0.434. The number of carboxylic acid groups (broad SMARTS) is 1. The number of fused-ring (bicyclic) bond motifs is 1. The minimum Gasteiger partial charge on any atom is -0.476 e. The lowest BCUT2D eigenvalue weighted by molar-refractivity contribution is 0.0672. The van der Waals surface area contributed by atoms with Crippen LogP contribution in [0.4, 0.5) is 0 Å². The molecule has 3 aromatic heterocycles. The fraction of sp³-hybridized carbons (Fsp3) is 0.412. The molecular weight excluding hydrogens is 430 g/mol. The maximum Gasteiger partial charge on any atom is 0.357 e. The summed E-state index contributed by atoms with van der Waals surface area (Å²) >= 11 is 3.40. The molecule has 27 heavy (non-hydrogen) atoms. The molecule has 0 radical (unpaired) electrons. The van der Waals surface area contributed by atoms with Crippen LogP contribution in [0, 0.1) is 6.92 Å². The van der Waals surface area contributed by atoms with Crippen molar-refractivity contribution < 1.29 is 14.6 Å². The van der Waals surface area contributed by atoms with Gasteiger partial charge in [-0.15, -0.1) is 0 Å². The van der Waals surface area contributed by atoms with Gasteiger partial charge in [0.2, 0.25) is 0 Å². The smallest absolute Gasteiger partial charge is 0.357 e. The number of carboxylic acids is 1. The largest absolute Gasteiger partial charge is 0.476 e. The van der Waals surface area contributed by atoms with E-state index in [0.29, 0.717) is 16.8 Å². The van der Waals surface area contributed by atoms with Crippen LogP contribution in [0.15, 0.2) is 23.1 Å². The first-order valence-electron chi connectivity index (χ1n) is 8.55. The van der Waals surface area contributed by atoms with Gasteiger partial charge in [0.25, 0.3) is 0 Å². The molecule has 0 spiro atoms. The van der Waals surface area contributed by atoms with Gasteiger partial charge < -0.3 is 9.84 Å². The van der Waals surface area contributed by atoms with E-state index in [-0.39, 0.29) is 12.4 Å². The number of hydrogen-bond acceptors (Lipinski definition) is 5. The number of aromatic nitrogens is 5. The molecule has 0 aliphatic heterocycles. The van der Waals surface area contributed by atoms with Gasteiger partial charge in [-0.25, -0.2) is 19.0 Å². The second kappa shape index (κ2) is 7.53. The fourth-order valence-corrected chi connectivity index (χ4v) is 4.14. The molecule has 3 rings (SSSR count). The van der Waals surface area contributed by atoms with E-state index in [0.717, 1.165) is 22.8 Å². The lowest BCUT2D eigenvalue weighted by atomic mass is 10.1. The second-order valence-electron chi connectivity index (χ2n) is 7.60. The third-order valence-electron chi connectivity index (χ3n) is 4.14. The summed E-state index contributed by atoms with van der Waals surface area (Å²) < 4.78 is 9.46. The van der Waals surface area contributed by atoms with Crippen molar-refractivity contribution in [3.8, 4) is 11.3 Å². The zero-order chi connectivity index (χ0) is 19.8. The Kier molecular flexibility index (Phi) is 5.49. The number of halogens is 1. The lowest BCUT2D eigenvalue weighted by Gasteiger charge is -2.16. The van der Waals surface area contributed by atoms with E-state index in [9.17, 15) is 9.90 Å². The van der Waals surface area contributed by atoms with E-state index in [1.54, 1.807) is 15.4 Å². The van der Waals surface area contributed by atoms with E-state index in [1.807, 2.05) is 13.0 Å². The normalized spacial score (nSPS) is 12.0. The average molecular weight is 452 g/mol. The van der Waals surface area contributed by atoms with Gasteiger partial charge in [-0.1, -0.05) is 19.6 Å². The Morgan fingerprint density at radius 3 is 2.78 bits per heavy atom. The minimum absolute atomic E-state index is 0.0462. The molecule has 0 atom stereocenters. The molecule has 0 saturated carbocycles. The molecule has 0 bridgehead atoms. The molecular formula is C17H22BrN5O3Si. The van der Waals surface area contributed by atoms with E-state index in [2.05, 4.69) is 50.8 Å². The van der Waals surface area contributed by atoms with Crippen LogP contribution in [0.5, 0.6) is 0 Å². The number of nitrogens with zero attached hydrogens (tertiary/aromatic N) is 5. The number of carbonyl (C=O) groups is 1. The first kappa shape index (κ1) is 19.7. The number of aryl methyl sites for hydroxylation is 1. The van der Waals surface area contributed by atoms with Crippen LogP contribution in [0.25, 0.3) is 16.9 Å².